The average molecular weight is 396 g/mol. The molecule has 28 heavy (non-hydrogen) atoms. The standard InChI is InChI=1S/C20H18ClN5O2/c1-13-3-6-15(7-4-13)26-19-16(12-23-26)20(27)25(10-9-21)18(24-19)14-5-8-17(28-2)22-11-14/h3-8,11-12H,9-10H2,1-2H3. The van der Waals surface area contributed by atoms with Gasteiger partial charge in [-0.05, 0) is 25.1 Å². The first-order valence-corrected chi connectivity index (χ1v) is 9.28. The van der Waals surface area contributed by atoms with E-state index >= 15 is 0 Å². The van der Waals surface area contributed by atoms with Crippen molar-refractivity contribution in [3.63, 3.8) is 0 Å². The lowest BCUT2D eigenvalue weighted by molar-refractivity contribution is 0.398. The first-order chi connectivity index (χ1) is 13.6. The summed E-state index contributed by atoms with van der Waals surface area (Å²) >= 11 is 5.94. The van der Waals surface area contributed by atoms with Gasteiger partial charge in [0, 0.05) is 30.3 Å². The Morgan fingerprint density at radius 1 is 1.11 bits per heavy atom. The van der Waals surface area contributed by atoms with Crippen molar-refractivity contribution in [3.8, 4) is 23.0 Å². The number of benzene rings is 1. The summed E-state index contributed by atoms with van der Waals surface area (Å²) in [5.41, 5.74) is 2.98. The normalized spacial score (nSPS) is 11.1. The van der Waals surface area contributed by atoms with Crippen LogP contribution in [0.5, 0.6) is 5.88 Å². The molecule has 0 fully saturated rings. The highest BCUT2D eigenvalue weighted by molar-refractivity contribution is 6.17. The molecule has 7 nitrogen and oxygen atoms in total. The van der Waals surface area contributed by atoms with Gasteiger partial charge in [-0.1, -0.05) is 17.7 Å². The number of hydrogen-bond acceptors (Lipinski definition) is 5. The molecular formula is C20H18ClN5O2. The lowest BCUT2D eigenvalue weighted by Crippen LogP contribution is -2.24. The van der Waals surface area contributed by atoms with Gasteiger partial charge < -0.3 is 4.74 Å². The van der Waals surface area contributed by atoms with Crippen LogP contribution in [0.15, 0.2) is 53.6 Å². The summed E-state index contributed by atoms with van der Waals surface area (Å²) in [5.74, 6) is 1.26. The Labute approximate surface area is 166 Å². The Bertz CT molecular complexity index is 1180. The van der Waals surface area contributed by atoms with Crippen molar-refractivity contribution in [2.45, 2.75) is 13.5 Å². The van der Waals surface area contributed by atoms with Gasteiger partial charge >= 0.3 is 0 Å². The minimum Gasteiger partial charge on any atom is -0.481 e. The first-order valence-electron chi connectivity index (χ1n) is 8.74. The van der Waals surface area contributed by atoms with Gasteiger partial charge in [0.1, 0.15) is 11.2 Å². The van der Waals surface area contributed by atoms with E-state index in [4.69, 9.17) is 21.3 Å². The lowest BCUT2D eigenvalue weighted by Gasteiger charge is -2.12. The summed E-state index contributed by atoms with van der Waals surface area (Å²) in [4.78, 5) is 22.1. The lowest BCUT2D eigenvalue weighted by atomic mass is 10.2. The number of ether oxygens (including phenoxy) is 1. The van der Waals surface area contributed by atoms with Gasteiger partial charge in [0.25, 0.3) is 5.56 Å². The zero-order chi connectivity index (χ0) is 19.7. The zero-order valence-electron chi connectivity index (χ0n) is 15.5. The van der Waals surface area contributed by atoms with Crippen LogP contribution in [0.25, 0.3) is 28.1 Å². The van der Waals surface area contributed by atoms with E-state index in [1.807, 2.05) is 37.3 Å². The summed E-state index contributed by atoms with van der Waals surface area (Å²) in [6.07, 6.45) is 3.18. The number of nitrogens with zero attached hydrogens (tertiary/aromatic N) is 5. The topological polar surface area (TPSA) is 74.8 Å². The highest BCUT2D eigenvalue weighted by atomic mass is 35.5. The van der Waals surface area contributed by atoms with Crippen molar-refractivity contribution in [1.82, 2.24) is 24.3 Å². The minimum absolute atomic E-state index is 0.185. The SMILES string of the molecule is COc1ccc(-c2nc3c(cnn3-c3ccc(C)cc3)c(=O)n2CCCl)cn1. The van der Waals surface area contributed by atoms with Crippen LogP contribution < -0.4 is 10.3 Å². The van der Waals surface area contributed by atoms with Gasteiger partial charge in [0.2, 0.25) is 5.88 Å². The fraction of sp³-hybridized carbons (Fsp3) is 0.200. The molecule has 0 unspecified atom stereocenters. The monoisotopic (exact) mass is 395 g/mol. The van der Waals surface area contributed by atoms with Crippen LogP contribution >= 0.6 is 11.6 Å². The second kappa shape index (κ2) is 7.44. The first kappa shape index (κ1) is 18.2. The third-order valence-corrected chi connectivity index (χ3v) is 4.65. The van der Waals surface area contributed by atoms with Crippen molar-refractivity contribution in [2.24, 2.45) is 0 Å². The Hall–Kier alpha value is -3.19. The van der Waals surface area contributed by atoms with Crippen molar-refractivity contribution in [1.29, 1.82) is 0 Å². The van der Waals surface area contributed by atoms with E-state index in [1.165, 1.54) is 0 Å². The number of aromatic nitrogens is 5. The van der Waals surface area contributed by atoms with Crippen LogP contribution in [-0.4, -0.2) is 37.3 Å². The van der Waals surface area contributed by atoms with Gasteiger partial charge in [0.05, 0.1) is 19.0 Å². The number of alkyl halides is 1. The average Bonchev–Trinajstić information content (AvgIpc) is 3.15. The third-order valence-electron chi connectivity index (χ3n) is 4.48. The number of fused-ring (bicyclic) bond motifs is 1. The van der Waals surface area contributed by atoms with Crippen LogP contribution in [0, 0.1) is 6.92 Å². The number of aryl methyl sites for hydroxylation is 1. The molecule has 0 aliphatic carbocycles. The second-order valence-corrected chi connectivity index (χ2v) is 6.68. The van der Waals surface area contributed by atoms with Crippen molar-refractivity contribution >= 4 is 22.6 Å². The Morgan fingerprint density at radius 2 is 1.89 bits per heavy atom. The molecule has 0 spiro atoms. The molecule has 142 valence electrons. The number of methoxy groups -OCH3 is 1. The molecule has 0 atom stereocenters. The summed E-state index contributed by atoms with van der Waals surface area (Å²) in [5, 5.41) is 4.83. The Balaban J connectivity index is 1.96. The summed E-state index contributed by atoms with van der Waals surface area (Å²) in [6.45, 7) is 2.35. The van der Waals surface area contributed by atoms with Crippen LogP contribution in [0.3, 0.4) is 0 Å². The minimum atomic E-state index is -0.185. The highest BCUT2D eigenvalue weighted by Gasteiger charge is 2.17. The second-order valence-electron chi connectivity index (χ2n) is 6.30. The van der Waals surface area contributed by atoms with E-state index < -0.39 is 0 Å². The smallest absolute Gasteiger partial charge is 0.264 e. The molecule has 0 aliphatic heterocycles. The van der Waals surface area contributed by atoms with Crippen LogP contribution in [0.2, 0.25) is 0 Å². The van der Waals surface area contributed by atoms with Crippen molar-refractivity contribution < 1.29 is 4.74 Å². The van der Waals surface area contributed by atoms with Crippen molar-refractivity contribution in [3.05, 3.63) is 64.7 Å². The summed E-state index contributed by atoms with van der Waals surface area (Å²) in [6, 6.07) is 11.4. The van der Waals surface area contributed by atoms with E-state index in [1.54, 1.807) is 34.8 Å². The highest BCUT2D eigenvalue weighted by Crippen LogP contribution is 2.22. The molecule has 4 rings (SSSR count). The predicted molar refractivity (Wildman–Crippen MR) is 108 cm³/mol. The Kier molecular flexibility index (Phi) is 4.83. The molecule has 4 aromatic rings. The van der Waals surface area contributed by atoms with E-state index in [0.717, 1.165) is 11.3 Å². The molecule has 8 heteroatoms. The van der Waals surface area contributed by atoms with E-state index in [-0.39, 0.29) is 11.4 Å². The fourth-order valence-electron chi connectivity index (χ4n) is 3.02. The van der Waals surface area contributed by atoms with Crippen LogP contribution in [0.1, 0.15) is 5.56 Å². The van der Waals surface area contributed by atoms with Crippen molar-refractivity contribution in [2.75, 3.05) is 13.0 Å². The molecular weight excluding hydrogens is 378 g/mol. The molecule has 1 aromatic carbocycles. The number of pyridine rings is 1. The maximum atomic E-state index is 13.1. The van der Waals surface area contributed by atoms with Gasteiger partial charge in [-0.3, -0.25) is 9.36 Å². The largest absolute Gasteiger partial charge is 0.481 e. The number of rotatable bonds is 5. The molecule has 3 heterocycles. The maximum Gasteiger partial charge on any atom is 0.264 e. The maximum absolute atomic E-state index is 13.1. The van der Waals surface area contributed by atoms with E-state index in [2.05, 4.69) is 10.1 Å². The van der Waals surface area contributed by atoms with Gasteiger partial charge in [0.15, 0.2) is 5.65 Å². The molecule has 0 saturated heterocycles. The summed E-state index contributed by atoms with van der Waals surface area (Å²) in [7, 11) is 1.55. The molecule has 0 saturated carbocycles. The Morgan fingerprint density at radius 3 is 2.54 bits per heavy atom. The van der Waals surface area contributed by atoms with E-state index in [0.29, 0.717) is 34.8 Å². The molecule has 0 bridgehead atoms. The summed E-state index contributed by atoms with van der Waals surface area (Å²) < 4.78 is 8.34. The van der Waals surface area contributed by atoms with Gasteiger partial charge in [-0.15, -0.1) is 11.6 Å². The fourth-order valence-corrected chi connectivity index (χ4v) is 3.19. The predicted octanol–water partition coefficient (Wildman–Crippen LogP) is 3.20. The van der Waals surface area contributed by atoms with Crippen LogP contribution in [0.4, 0.5) is 0 Å². The number of hydrogen-bond donors (Lipinski definition) is 0. The van der Waals surface area contributed by atoms with Crippen LogP contribution in [-0.2, 0) is 6.54 Å². The van der Waals surface area contributed by atoms with Gasteiger partial charge in [-0.2, -0.15) is 5.10 Å². The molecule has 0 amide bonds. The zero-order valence-corrected chi connectivity index (χ0v) is 16.2. The molecule has 0 radical (unpaired) electrons. The van der Waals surface area contributed by atoms with E-state index in [9.17, 15) is 4.79 Å². The van der Waals surface area contributed by atoms with Gasteiger partial charge in [-0.25, -0.2) is 14.6 Å². The molecule has 0 N–H and O–H groups in total. The third kappa shape index (κ3) is 3.14. The number of halogens is 1. The quantitative estimate of drug-likeness (QED) is 0.485. The molecule has 3 aromatic heterocycles. The molecule has 0 aliphatic rings.